The number of carbonyl (C=O) groups is 2. The van der Waals surface area contributed by atoms with Crippen LogP contribution in [0.5, 0.6) is 0 Å². The fraction of sp³-hybridized carbons (Fsp3) is 0.857. The van der Waals surface area contributed by atoms with E-state index in [9.17, 15) is 9.59 Å². The molecule has 3 fully saturated rings. The SMILES string of the molecule is CCC1(CN2CCC(=O)NC(C3CC3)C2=O)CC1. The van der Waals surface area contributed by atoms with Gasteiger partial charge in [-0.05, 0) is 43.4 Å². The van der Waals surface area contributed by atoms with Crippen LogP contribution in [-0.4, -0.2) is 35.8 Å². The topological polar surface area (TPSA) is 49.4 Å². The van der Waals surface area contributed by atoms with Crippen molar-refractivity contribution in [2.24, 2.45) is 11.3 Å². The molecule has 2 amide bonds. The highest BCUT2D eigenvalue weighted by Gasteiger charge is 2.46. The average Bonchev–Trinajstić information content (AvgIpc) is 3.23. The van der Waals surface area contributed by atoms with E-state index in [4.69, 9.17) is 0 Å². The van der Waals surface area contributed by atoms with Crippen molar-refractivity contribution in [1.29, 1.82) is 0 Å². The zero-order valence-electron chi connectivity index (χ0n) is 11.1. The third-order valence-electron chi connectivity index (χ3n) is 4.83. The summed E-state index contributed by atoms with van der Waals surface area (Å²) in [5.41, 5.74) is 0.372. The van der Waals surface area contributed by atoms with Gasteiger partial charge in [-0.15, -0.1) is 0 Å². The summed E-state index contributed by atoms with van der Waals surface area (Å²) in [4.78, 5) is 26.1. The van der Waals surface area contributed by atoms with Gasteiger partial charge in [-0.3, -0.25) is 9.59 Å². The van der Waals surface area contributed by atoms with E-state index >= 15 is 0 Å². The minimum absolute atomic E-state index is 0.0455. The largest absolute Gasteiger partial charge is 0.344 e. The monoisotopic (exact) mass is 250 g/mol. The van der Waals surface area contributed by atoms with E-state index in [1.54, 1.807) is 0 Å². The normalized spacial score (nSPS) is 30.9. The molecule has 1 N–H and O–H groups in total. The molecule has 0 aromatic heterocycles. The quantitative estimate of drug-likeness (QED) is 0.817. The van der Waals surface area contributed by atoms with Gasteiger partial charge in [-0.1, -0.05) is 6.92 Å². The summed E-state index contributed by atoms with van der Waals surface area (Å²) >= 11 is 0. The van der Waals surface area contributed by atoms with Crippen LogP contribution in [0.25, 0.3) is 0 Å². The molecule has 0 spiro atoms. The third-order valence-corrected chi connectivity index (χ3v) is 4.83. The molecule has 1 heterocycles. The van der Waals surface area contributed by atoms with Gasteiger partial charge >= 0.3 is 0 Å². The van der Waals surface area contributed by atoms with E-state index in [0.717, 1.165) is 25.8 Å². The van der Waals surface area contributed by atoms with E-state index < -0.39 is 0 Å². The van der Waals surface area contributed by atoms with Gasteiger partial charge in [0.05, 0.1) is 0 Å². The lowest BCUT2D eigenvalue weighted by molar-refractivity contribution is -0.134. The van der Waals surface area contributed by atoms with Gasteiger partial charge in [0.25, 0.3) is 0 Å². The molecule has 1 atom stereocenters. The summed E-state index contributed by atoms with van der Waals surface area (Å²) in [5.74, 6) is 0.617. The molecule has 1 saturated heterocycles. The van der Waals surface area contributed by atoms with Crippen molar-refractivity contribution >= 4 is 11.8 Å². The number of nitrogens with one attached hydrogen (secondary N) is 1. The summed E-state index contributed by atoms with van der Waals surface area (Å²) in [6.07, 6.45) is 6.26. The molecule has 2 saturated carbocycles. The van der Waals surface area contributed by atoms with Crippen LogP contribution in [0.1, 0.15) is 45.4 Å². The van der Waals surface area contributed by atoms with E-state index in [1.165, 1.54) is 12.8 Å². The Kier molecular flexibility index (Phi) is 2.83. The first-order chi connectivity index (χ1) is 8.63. The van der Waals surface area contributed by atoms with Crippen molar-refractivity contribution in [2.45, 2.75) is 51.5 Å². The number of amides is 2. The van der Waals surface area contributed by atoms with Gasteiger partial charge < -0.3 is 10.2 Å². The van der Waals surface area contributed by atoms with Crippen molar-refractivity contribution in [1.82, 2.24) is 10.2 Å². The first-order valence-corrected chi connectivity index (χ1v) is 7.22. The van der Waals surface area contributed by atoms with E-state index in [1.807, 2.05) is 4.90 Å². The van der Waals surface area contributed by atoms with E-state index in [-0.39, 0.29) is 17.9 Å². The zero-order valence-corrected chi connectivity index (χ0v) is 11.1. The summed E-state index contributed by atoms with van der Waals surface area (Å²) in [5, 5.41) is 2.91. The Morgan fingerprint density at radius 2 is 2.06 bits per heavy atom. The van der Waals surface area contributed by atoms with E-state index in [2.05, 4.69) is 12.2 Å². The lowest BCUT2D eigenvalue weighted by atomic mass is 10.0. The van der Waals surface area contributed by atoms with Crippen LogP contribution in [0.3, 0.4) is 0 Å². The summed E-state index contributed by atoms with van der Waals surface area (Å²) in [7, 11) is 0. The van der Waals surface area contributed by atoms with Gasteiger partial charge in [0, 0.05) is 19.5 Å². The first-order valence-electron chi connectivity index (χ1n) is 7.22. The maximum Gasteiger partial charge on any atom is 0.245 e. The molecule has 100 valence electrons. The Balaban J connectivity index is 1.71. The molecule has 0 radical (unpaired) electrons. The Hall–Kier alpha value is -1.06. The number of rotatable bonds is 4. The van der Waals surface area contributed by atoms with Crippen LogP contribution in [0.2, 0.25) is 0 Å². The van der Waals surface area contributed by atoms with Crippen molar-refractivity contribution < 1.29 is 9.59 Å². The molecule has 4 nitrogen and oxygen atoms in total. The fourth-order valence-corrected chi connectivity index (χ4v) is 2.96. The lowest BCUT2D eigenvalue weighted by Crippen LogP contribution is -2.47. The second-order valence-corrected chi connectivity index (χ2v) is 6.25. The van der Waals surface area contributed by atoms with Crippen LogP contribution >= 0.6 is 0 Å². The molecule has 4 heteroatoms. The number of hydrogen-bond acceptors (Lipinski definition) is 2. The Bertz CT molecular complexity index is 372. The van der Waals surface area contributed by atoms with Crippen molar-refractivity contribution in [2.75, 3.05) is 13.1 Å². The van der Waals surface area contributed by atoms with Crippen LogP contribution in [0, 0.1) is 11.3 Å². The van der Waals surface area contributed by atoms with Crippen LogP contribution in [-0.2, 0) is 9.59 Å². The molecule has 0 aromatic rings. The highest BCUT2D eigenvalue weighted by Crippen LogP contribution is 2.49. The molecule has 1 unspecified atom stereocenters. The van der Waals surface area contributed by atoms with Crippen LogP contribution in [0.15, 0.2) is 0 Å². The molecule has 0 bridgehead atoms. The zero-order chi connectivity index (χ0) is 12.8. The maximum absolute atomic E-state index is 12.5. The predicted octanol–water partition coefficient (Wildman–Crippen LogP) is 1.30. The fourth-order valence-electron chi connectivity index (χ4n) is 2.96. The molecular weight excluding hydrogens is 228 g/mol. The van der Waals surface area contributed by atoms with Gasteiger partial charge in [-0.25, -0.2) is 0 Å². The average molecular weight is 250 g/mol. The standard InChI is InChI=1S/C14H22N2O2/c1-2-14(6-7-14)9-16-8-5-11(17)15-12(13(16)18)10-3-4-10/h10,12H,2-9H2,1H3,(H,15,17). The maximum atomic E-state index is 12.5. The molecule has 0 aromatic carbocycles. The van der Waals surface area contributed by atoms with Crippen molar-refractivity contribution in [3.63, 3.8) is 0 Å². The number of nitrogens with zero attached hydrogens (tertiary/aromatic N) is 1. The van der Waals surface area contributed by atoms with Crippen molar-refractivity contribution in [3.8, 4) is 0 Å². The molecule has 3 rings (SSSR count). The van der Waals surface area contributed by atoms with Crippen molar-refractivity contribution in [3.05, 3.63) is 0 Å². The minimum atomic E-state index is -0.229. The Morgan fingerprint density at radius 3 is 2.61 bits per heavy atom. The molecule has 3 aliphatic rings. The predicted molar refractivity (Wildman–Crippen MR) is 67.8 cm³/mol. The van der Waals surface area contributed by atoms with Gasteiger partial charge in [0.2, 0.25) is 11.8 Å². The highest BCUT2D eigenvalue weighted by atomic mass is 16.2. The lowest BCUT2D eigenvalue weighted by Gasteiger charge is -2.28. The Morgan fingerprint density at radius 1 is 1.33 bits per heavy atom. The number of hydrogen-bond donors (Lipinski definition) is 1. The number of carbonyl (C=O) groups excluding carboxylic acids is 2. The highest BCUT2D eigenvalue weighted by molar-refractivity contribution is 5.90. The summed E-state index contributed by atoms with van der Waals surface area (Å²) in [6.45, 7) is 3.67. The van der Waals surface area contributed by atoms with Gasteiger partial charge in [0.1, 0.15) is 6.04 Å². The summed E-state index contributed by atoms with van der Waals surface area (Å²) < 4.78 is 0. The van der Waals surface area contributed by atoms with Gasteiger partial charge in [-0.2, -0.15) is 0 Å². The van der Waals surface area contributed by atoms with Crippen LogP contribution < -0.4 is 5.32 Å². The molecule has 18 heavy (non-hydrogen) atoms. The molecule has 1 aliphatic heterocycles. The molecular formula is C14H22N2O2. The second kappa shape index (κ2) is 4.25. The summed E-state index contributed by atoms with van der Waals surface area (Å²) in [6, 6.07) is -0.229. The third kappa shape index (κ3) is 2.25. The van der Waals surface area contributed by atoms with Crippen LogP contribution in [0.4, 0.5) is 0 Å². The molecule has 2 aliphatic carbocycles. The smallest absolute Gasteiger partial charge is 0.245 e. The Labute approximate surface area is 108 Å². The van der Waals surface area contributed by atoms with E-state index in [0.29, 0.717) is 24.3 Å². The minimum Gasteiger partial charge on any atom is -0.344 e. The second-order valence-electron chi connectivity index (χ2n) is 6.25. The van der Waals surface area contributed by atoms with Gasteiger partial charge in [0.15, 0.2) is 0 Å². The first kappa shape index (κ1) is 12.0.